The first kappa shape index (κ1) is 36.1. The van der Waals surface area contributed by atoms with Crippen LogP contribution in [0.25, 0.3) is 27.5 Å². The predicted molar refractivity (Wildman–Crippen MR) is 207 cm³/mol. The van der Waals surface area contributed by atoms with Crippen molar-refractivity contribution in [2.45, 2.75) is 43.7 Å². The van der Waals surface area contributed by atoms with Crippen molar-refractivity contribution < 1.29 is 24.0 Å². The Balaban J connectivity index is 0.756. The Hall–Kier alpha value is -6.58. The normalized spacial score (nSPS) is 20.9. The Bertz CT molecular complexity index is 2530. The molecule has 0 bridgehead atoms. The van der Waals surface area contributed by atoms with E-state index in [-0.39, 0.29) is 48.4 Å². The maximum atomic E-state index is 13.3. The van der Waals surface area contributed by atoms with E-state index in [1.165, 1.54) is 17.5 Å². The van der Waals surface area contributed by atoms with E-state index in [1.54, 1.807) is 35.0 Å². The summed E-state index contributed by atoms with van der Waals surface area (Å²) < 4.78 is 1.76. The molecule has 3 fully saturated rings. The number of anilines is 2. The molecule has 3 N–H and O–H groups in total. The molecule has 1 atom stereocenters. The number of hydrogen-bond donors (Lipinski definition) is 3. The molecule has 17 nitrogen and oxygen atoms in total. The molecule has 1 saturated carbocycles. The lowest BCUT2D eigenvalue weighted by atomic mass is 9.81. The van der Waals surface area contributed by atoms with Gasteiger partial charge in [0.2, 0.25) is 17.7 Å². The number of hydrogen-bond acceptors (Lipinski definition) is 14. The molecular weight excluding hydrogens is 749 g/mol. The first-order chi connectivity index (χ1) is 27.7. The van der Waals surface area contributed by atoms with E-state index >= 15 is 0 Å². The molecule has 7 heterocycles. The summed E-state index contributed by atoms with van der Waals surface area (Å²) in [7, 11) is 1.85. The standard InChI is InChI=1S/C39H36N12O5S/c1-41-29-16-30(31-5-3-25-12-21(17-40)18-43-51(25)31)42-19-28(29)37-47-46-36(57-37)22-13-23(14-22)44-34(53)20-48-8-10-49(11-9-48)24-2-4-26-27(15-24)39(56)50(38(26)55)32-6-7-33(52)45-35(32)54/h2-5,12,15-16,18-19,22-23,32H,6-11,13-14,20H2,1H3,(H,41,42)(H,44,53)(H,45,52,54)/t22-,23-,32?. The van der Waals surface area contributed by atoms with Gasteiger partial charge < -0.3 is 15.5 Å². The van der Waals surface area contributed by atoms with Gasteiger partial charge in [0.15, 0.2) is 5.01 Å². The number of nitrogens with one attached hydrogen (secondary N) is 3. The second-order valence-corrected chi connectivity index (χ2v) is 15.6. The van der Waals surface area contributed by atoms with Crippen molar-refractivity contribution >= 4 is 57.8 Å². The number of nitrogens with zero attached hydrogens (tertiary/aromatic N) is 9. The number of carbonyl (C=O) groups excluding carboxylic acids is 5. The number of rotatable bonds is 9. The monoisotopic (exact) mass is 784 g/mol. The molecule has 288 valence electrons. The molecule has 1 aromatic carbocycles. The third-order valence-corrected chi connectivity index (χ3v) is 12.2. The Labute approximate surface area is 329 Å². The molecule has 9 rings (SSSR count). The van der Waals surface area contributed by atoms with Crippen LogP contribution in [0.3, 0.4) is 0 Å². The third kappa shape index (κ3) is 6.63. The zero-order valence-corrected chi connectivity index (χ0v) is 31.6. The van der Waals surface area contributed by atoms with E-state index in [9.17, 15) is 29.2 Å². The lowest BCUT2D eigenvalue weighted by Gasteiger charge is -2.37. The molecule has 0 radical (unpaired) electrons. The minimum Gasteiger partial charge on any atom is -0.387 e. The van der Waals surface area contributed by atoms with E-state index in [0.717, 1.165) is 61.6 Å². The van der Waals surface area contributed by atoms with Crippen molar-refractivity contribution in [1.82, 2.24) is 45.2 Å². The fraction of sp³-hybridized carbons (Fsp3) is 0.333. The lowest BCUT2D eigenvalue weighted by molar-refractivity contribution is -0.136. The quantitative estimate of drug-likeness (QED) is 0.184. The molecule has 1 unspecified atom stereocenters. The topological polar surface area (TPSA) is 211 Å². The van der Waals surface area contributed by atoms with E-state index in [1.807, 2.05) is 25.2 Å². The van der Waals surface area contributed by atoms with E-state index in [4.69, 9.17) is 4.98 Å². The minimum atomic E-state index is -1.01. The van der Waals surface area contributed by atoms with Gasteiger partial charge in [-0.1, -0.05) is 11.3 Å². The summed E-state index contributed by atoms with van der Waals surface area (Å²) in [6.45, 7) is 2.84. The van der Waals surface area contributed by atoms with Gasteiger partial charge in [0.25, 0.3) is 11.8 Å². The van der Waals surface area contributed by atoms with Crippen LogP contribution in [0.5, 0.6) is 0 Å². The number of piperidine rings is 1. The fourth-order valence-electron chi connectivity index (χ4n) is 7.97. The summed E-state index contributed by atoms with van der Waals surface area (Å²) in [5, 5.41) is 32.9. The number of carbonyl (C=O) groups is 5. The van der Waals surface area contributed by atoms with Gasteiger partial charge in [0.05, 0.1) is 51.9 Å². The largest absolute Gasteiger partial charge is 0.387 e. The Morgan fingerprint density at radius 3 is 2.54 bits per heavy atom. The molecule has 0 spiro atoms. The number of benzene rings is 1. The van der Waals surface area contributed by atoms with Crippen molar-refractivity contribution in [2.75, 3.05) is 50.0 Å². The van der Waals surface area contributed by atoms with E-state index in [0.29, 0.717) is 31.7 Å². The Morgan fingerprint density at radius 2 is 1.77 bits per heavy atom. The van der Waals surface area contributed by atoms with E-state index < -0.39 is 29.7 Å². The highest BCUT2D eigenvalue weighted by Gasteiger charge is 2.45. The molecule has 3 aliphatic heterocycles. The van der Waals surface area contributed by atoms with E-state index in [2.05, 4.69) is 47.1 Å². The number of pyridine rings is 1. The van der Waals surface area contributed by atoms with Crippen LogP contribution in [0.4, 0.5) is 11.4 Å². The van der Waals surface area contributed by atoms with Crippen molar-refractivity contribution in [3.05, 3.63) is 76.6 Å². The Morgan fingerprint density at radius 1 is 0.965 bits per heavy atom. The van der Waals surface area contributed by atoms with Crippen molar-refractivity contribution in [3.8, 4) is 28.0 Å². The first-order valence-corrected chi connectivity index (χ1v) is 19.5. The summed E-state index contributed by atoms with van der Waals surface area (Å²) in [6.07, 6.45) is 5.06. The van der Waals surface area contributed by atoms with Gasteiger partial charge in [-0.05, 0) is 61.7 Å². The summed E-state index contributed by atoms with van der Waals surface area (Å²) in [4.78, 5) is 73.3. The van der Waals surface area contributed by atoms with Crippen molar-refractivity contribution in [3.63, 3.8) is 0 Å². The minimum absolute atomic E-state index is 0.0265. The highest BCUT2D eigenvalue weighted by Crippen LogP contribution is 2.41. The zero-order chi connectivity index (χ0) is 39.4. The molecule has 4 aliphatic rings. The summed E-state index contributed by atoms with van der Waals surface area (Å²) in [6, 6.07) is 13.9. The van der Waals surface area contributed by atoms with Crippen LogP contribution < -0.4 is 20.9 Å². The zero-order valence-electron chi connectivity index (χ0n) is 30.8. The van der Waals surface area contributed by atoms with Gasteiger partial charge in [0.1, 0.15) is 17.1 Å². The van der Waals surface area contributed by atoms with Crippen molar-refractivity contribution in [2.24, 2.45) is 0 Å². The molecule has 5 aromatic rings. The van der Waals surface area contributed by atoms with Gasteiger partial charge in [-0.3, -0.25) is 44.1 Å². The second-order valence-electron chi connectivity index (χ2n) is 14.6. The van der Waals surface area contributed by atoms with Crippen LogP contribution in [-0.2, 0) is 14.4 Å². The van der Waals surface area contributed by atoms with Crippen LogP contribution >= 0.6 is 11.3 Å². The highest BCUT2D eigenvalue weighted by atomic mass is 32.1. The smallest absolute Gasteiger partial charge is 0.262 e. The number of piperazine rings is 1. The maximum Gasteiger partial charge on any atom is 0.262 e. The van der Waals surface area contributed by atoms with Gasteiger partial charge in [-0.25, -0.2) is 4.52 Å². The molecule has 1 aliphatic carbocycles. The van der Waals surface area contributed by atoms with Gasteiger partial charge in [0, 0.05) is 69.2 Å². The van der Waals surface area contributed by atoms with Crippen LogP contribution in [-0.4, -0.2) is 116 Å². The van der Waals surface area contributed by atoms with Crippen LogP contribution in [0, 0.1) is 11.3 Å². The number of imide groups is 2. The van der Waals surface area contributed by atoms with Gasteiger partial charge >= 0.3 is 0 Å². The molecular formula is C39H36N12O5S. The number of nitriles is 1. The van der Waals surface area contributed by atoms with Crippen molar-refractivity contribution in [1.29, 1.82) is 5.26 Å². The lowest BCUT2D eigenvalue weighted by Crippen LogP contribution is -2.54. The number of fused-ring (bicyclic) bond motifs is 2. The molecule has 2 saturated heterocycles. The average Bonchev–Trinajstić information content (AvgIpc) is 3.92. The third-order valence-electron chi connectivity index (χ3n) is 11.1. The summed E-state index contributed by atoms with van der Waals surface area (Å²) in [5.74, 6) is -1.93. The predicted octanol–water partition coefficient (Wildman–Crippen LogP) is 2.41. The van der Waals surface area contributed by atoms with Gasteiger partial charge in [-0.2, -0.15) is 10.4 Å². The average molecular weight is 785 g/mol. The first-order valence-electron chi connectivity index (χ1n) is 18.7. The number of amides is 5. The molecule has 18 heteroatoms. The molecule has 4 aromatic heterocycles. The van der Waals surface area contributed by atoms with Crippen LogP contribution in [0.2, 0.25) is 0 Å². The summed E-state index contributed by atoms with van der Waals surface area (Å²) >= 11 is 1.53. The number of aromatic nitrogens is 5. The van der Waals surface area contributed by atoms with Crippen LogP contribution in [0.1, 0.15) is 62.9 Å². The van der Waals surface area contributed by atoms with Crippen LogP contribution in [0.15, 0.2) is 54.9 Å². The SMILES string of the molecule is CNc1cc(-c2ccc3cc(C#N)cnn23)ncc1-c1nnc([C@H]2C[C@H](NC(=O)CN3CCN(c4ccc5c(c4)C(=O)N(C4CCC(=O)NC4=O)C5=O)CC3)C2)s1. The highest BCUT2D eigenvalue weighted by molar-refractivity contribution is 7.14. The molecule has 57 heavy (non-hydrogen) atoms. The Kier molecular flexibility index (Phi) is 9.17. The second kappa shape index (κ2) is 14.5. The summed E-state index contributed by atoms with van der Waals surface area (Å²) in [5.41, 5.74) is 5.80. The maximum absolute atomic E-state index is 13.3. The fourth-order valence-corrected chi connectivity index (χ4v) is 8.96. The molecule has 5 amide bonds. The van der Waals surface area contributed by atoms with Gasteiger partial charge in [-0.15, -0.1) is 10.2 Å².